The zero-order valence-corrected chi connectivity index (χ0v) is 24.4. The Balaban J connectivity index is 1.45. The fourth-order valence-corrected chi connectivity index (χ4v) is 6.86. The van der Waals surface area contributed by atoms with Gasteiger partial charge in [0.2, 0.25) is 5.91 Å². The van der Waals surface area contributed by atoms with Crippen molar-refractivity contribution in [2.45, 2.75) is 96.2 Å². The number of piperidine rings is 1. The zero-order valence-electron chi connectivity index (χ0n) is 24.4. The molecule has 0 saturated carbocycles. The number of amides is 2. The van der Waals surface area contributed by atoms with Crippen LogP contribution in [0.1, 0.15) is 92.6 Å². The van der Waals surface area contributed by atoms with Gasteiger partial charge in [-0.3, -0.25) is 14.5 Å². The van der Waals surface area contributed by atoms with Gasteiger partial charge in [-0.15, -0.1) is 0 Å². The number of anilines is 1. The van der Waals surface area contributed by atoms with Crippen LogP contribution in [0.5, 0.6) is 0 Å². The van der Waals surface area contributed by atoms with Crippen molar-refractivity contribution in [1.29, 1.82) is 0 Å². The molecule has 0 aliphatic carbocycles. The number of ether oxygens (including phenoxy) is 1. The molecule has 6 nitrogen and oxygen atoms in total. The second-order valence-electron chi connectivity index (χ2n) is 11.9. The van der Waals surface area contributed by atoms with Crippen LogP contribution in [-0.4, -0.2) is 66.5 Å². The van der Waals surface area contributed by atoms with Gasteiger partial charge in [-0.2, -0.15) is 0 Å². The quantitative estimate of drug-likeness (QED) is 0.458. The van der Waals surface area contributed by atoms with Gasteiger partial charge in [0.25, 0.3) is 5.91 Å². The van der Waals surface area contributed by atoms with E-state index in [1.807, 2.05) is 23.1 Å². The highest BCUT2D eigenvalue weighted by Crippen LogP contribution is 2.30. The van der Waals surface area contributed by atoms with E-state index in [-0.39, 0.29) is 17.9 Å². The third-order valence-electron chi connectivity index (χ3n) is 9.11. The maximum Gasteiger partial charge on any atom is 0.254 e. The van der Waals surface area contributed by atoms with Crippen molar-refractivity contribution >= 4 is 17.5 Å². The lowest BCUT2D eigenvalue weighted by atomic mass is 9.94. The van der Waals surface area contributed by atoms with Crippen LogP contribution in [0.2, 0.25) is 0 Å². The number of nitrogens with zero attached hydrogens (tertiary/aromatic N) is 3. The molecule has 0 N–H and O–H groups in total. The average Bonchev–Trinajstić information content (AvgIpc) is 2.98. The summed E-state index contributed by atoms with van der Waals surface area (Å²) in [5.41, 5.74) is 4.11. The number of likely N-dealkylation sites (tertiary alicyclic amines) is 1. The smallest absolute Gasteiger partial charge is 0.254 e. The average molecular weight is 546 g/mol. The van der Waals surface area contributed by atoms with E-state index in [9.17, 15) is 9.59 Å². The van der Waals surface area contributed by atoms with E-state index in [0.717, 1.165) is 101 Å². The molecule has 3 aliphatic rings. The number of carbonyl (C=O) groups excluding carboxylic acids is 2. The van der Waals surface area contributed by atoms with Crippen molar-refractivity contribution in [2.75, 3.05) is 37.7 Å². The van der Waals surface area contributed by atoms with E-state index in [1.54, 1.807) is 6.92 Å². The molecule has 2 amide bonds. The number of hydrogen-bond acceptors (Lipinski definition) is 4. The van der Waals surface area contributed by atoms with E-state index in [4.69, 9.17) is 4.74 Å². The number of benzene rings is 2. The highest BCUT2D eigenvalue weighted by atomic mass is 16.5. The largest absolute Gasteiger partial charge is 0.381 e. The maximum atomic E-state index is 14.1. The lowest BCUT2D eigenvalue weighted by Crippen LogP contribution is -2.45. The summed E-state index contributed by atoms with van der Waals surface area (Å²) in [6.45, 7) is 6.64. The topological polar surface area (TPSA) is 53.1 Å². The molecule has 1 unspecified atom stereocenters. The molecule has 0 radical (unpaired) electrons. The first-order valence-electron chi connectivity index (χ1n) is 15.7. The summed E-state index contributed by atoms with van der Waals surface area (Å²) in [5.74, 6) is 0.204. The Morgan fingerprint density at radius 3 is 2.33 bits per heavy atom. The van der Waals surface area contributed by atoms with Gasteiger partial charge in [0.05, 0.1) is 0 Å². The van der Waals surface area contributed by atoms with E-state index in [1.165, 1.54) is 31.2 Å². The molecule has 40 heavy (non-hydrogen) atoms. The Hall–Kier alpha value is -2.70. The molecule has 2 aromatic rings. The Bertz CT molecular complexity index is 1110. The lowest BCUT2D eigenvalue weighted by Gasteiger charge is -2.37. The van der Waals surface area contributed by atoms with Gasteiger partial charge < -0.3 is 14.5 Å². The van der Waals surface area contributed by atoms with E-state index in [2.05, 4.69) is 40.1 Å². The van der Waals surface area contributed by atoms with Crippen LogP contribution in [0.4, 0.5) is 5.69 Å². The summed E-state index contributed by atoms with van der Waals surface area (Å²) < 4.78 is 5.69. The van der Waals surface area contributed by atoms with Gasteiger partial charge >= 0.3 is 0 Å². The van der Waals surface area contributed by atoms with Gasteiger partial charge in [0.1, 0.15) is 0 Å². The fourth-order valence-electron chi connectivity index (χ4n) is 6.86. The van der Waals surface area contributed by atoms with Gasteiger partial charge in [0, 0.05) is 63.1 Å². The summed E-state index contributed by atoms with van der Waals surface area (Å²) in [5, 5.41) is 0. The SMILES string of the molecule is CC(=O)N1CCCCCCCN(C2CCOCC2)Cc2cc(C(=O)N3CCCCC3Cc3ccccc3)ccc21. The van der Waals surface area contributed by atoms with Crippen molar-refractivity contribution in [1.82, 2.24) is 9.80 Å². The van der Waals surface area contributed by atoms with Crippen molar-refractivity contribution in [3.8, 4) is 0 Å². The Morgan fingerprint density at radius 1 is 0.825 bits per heavy atom. The number of rotatable bonds is 4. The predicted molar refractivity (Wildman–Crippen MR) is 161 cm³/mol. The molecule has 2 saturated heterocycles. The minimum Gasteiger partial charge on any atom is -0.381 e. The zero-order chi connectivity index (χ0) is 27.7. The highest BCUT2D eigenvalue weighted by Gasteiger charge is 2.30. The number of fused-ring (bicyclic) bond motifs is 1. The molecule has 2 aromatic carbocycles. The molecule has 0 spiro atoms. The third kappa shape index (κ3) is 7.32. The van der Waals surface area contributed by atoms with Crippen LogP contribution in [-0.2, 0) is 22.5 Å². The molecule has 3 heterocycles. The van der Waals surface area contributed by atoms with Crippen LogP contribution in [0, 0.1) is 0 Å². The summed E-state index contributed by atoms with van der Waals surface area (Å²) in [6.07, 6.45) is 12.0. The molecule has 0 aromatic heterocycles. The first-order valence-corrected chi connectivity index (χ1v) is 15.7. The second-order valence-corrected chi connectivity index (χ2v) is 11.9. The van der Waals surface area contributed by atoms with Crippen LogP contribution in [0.15, 0.2) is 48.5 Å². The van der Waals surface area contributed by atoms with E-state index in [0.29, 0.717) is 6.04 Å². The predicted octanol–water partition coefficient (Wildman–Crippen LogP) is 6.22. The summed E-state index contributed by atoms with van der Waals surface area (Å²) in [7, 11) is 0. The first kappa shape index (κ1) is 28.8. The highest BCUT2D eigenvalue weighted by molar-refractivity contribution is 5.97. The summed E-state index contributed by atoms with van der Waals surface area (Å²) in [6, 6.07) is 17.4. The number of hydrogen-bond donors (Lipinski definition) is 0. The van der Waals surface area contributed by atoms with Gasteiger partial charge in [-0.25, -0.2) is 0 Å². The first-order chi connectivity index (χ1) is 19.6. The maximum absolute atomic E-state index is 14.1. The standard InChI is InChI=1S/C34H47N3O3/c1-27(38)36-20-10-4-2-3-9-19-35(31-17-22-40-23-18-31)26-30-25-29(15-16-33(30)36)34(39)37-21-11-8-14-32(37)24-28-12-6-5-7-13-28/h5-7,12-13,15-16,25,31-32H,2-4,8-11,14,17-24,26H2,1H3. The van der Waals surface area contributed by atoms with Crippen LogP contribution in [0.3, 0.4) is 0 Å². The molecule has 3 aliphatic heterocycles. The van der Waals surface area contributed by atoms with Gasteiger partial charge in [-0.05, 0) is 87.2 Å². The lowest BCUT2D eigenvalue weighted by molar-refractivity contribution is -0.116. The van der Waals surface area contributed by atoms with Crippen molar-refractivity contribution in [3.63, 3.8) is 0 Å². The van der Waals surface area contributed by atoms with Crippen molar-refractivity contribution < 1.29 is 14.3 Å². The summed E-state index contributed by atoms with van der Waals surface area (Å²) in [4.78, 5) is 33.6. The van der Waals surface area contributed by atoms with Gasteiger partial charge in [0.15, 0.2) is 0 Å². The molecular formula is C34H47N3O3. The monoisotopic (exact) mass is 545 g/mol. The fraction of sp³-hybridized carbons (Fsp3) is 0.588. The molecule has 5 rings (SSSR count). The van der Waals surface area contributed by atoms with Gasteiger partial charge in [-0.1, -0.05) is 49.6 Å². The summed E-state index contributed by atoms with van der Waals surface area (Å²) >= 11 is 0. The molecular weight excluding hydrogens is 498 g/mol. The molecule has 1 atom stereocenters. The normalized spacial score (nSPS) is 22.2. The van der Waals surface area contributed by atoms with Crippen LogP contribution >= 0.6 is 0 Å². The molecule has 0 bridgehead atoms. The minimum atomic E-state index is 0.0777. The third-order valence-corrected chi connectivity index (χ3v) is 9.11. The molecule has 2 fully saturated rings. The van der Waals surface area contributed by atoms with E-state index < -0.39 is 0 Å². The van der Waals surface area contributed by atoms with Crippen molar-refractivity contribution in [3.05, 3.63) is 65.2 Å². The van der Waals surface area contributed by atoms with Crippen molar-refractivity contribution in [2.24, 2.45) is 0 Å². The minimum absolute atomic E-state index is 0.0777. The van der Waals surface area contributed by atoms with E-state index >= 15 is 0 Å². The second kappa shape index (κ2) is 14.3. The molecule has 6 heteroatoms. The molecule has 216 valence electrons. The van der Waals surface area contributed by atoms with Crippen LogP contribution < -0.4 is 4.90 Å². The Morgan fingerprint density at radius 2 is 1.55 bits per heavy atom. The number of carbonyl (C=O) groups is 2. The Labute approximate surface area is 240 Å². The van der Waals surface area contributed by atoms with Crippen LogP contribution in [0.25, 0.3) is 0 Å². The Kier molecular flexibility index (Phi) is 10.3.